The van der Waals surface area contributed by atoms with E-state index in [-0.39, 0.29) is 30.6 Å². The van der Waals surface area contributed by atoms with Crippen molar-refractivity contribution < 1.29 is 14.3 Å². The summed E-state index contributed by atoms with van der Waals surface area (Å²) < 4.78 is 5.98. The summed E-state index contributed by atoms with van der Waals surface area (Å²) in [5.41, 5.74) is 1.08. The van der Waals surface area contributed by atoms with Gasteiger partial charge in [-0.1, -0.05) is 30.3 Å². The summed E-state index contributed by atoms with van der Waals surface area (Å²) in [7, 11) is 0. The van der Waals surface area contributed by atoms with Crippen LogP contribution in [0.1, 0.15) is 18.6 Å². The molecular weight excluding hydrogens is 294 g/mol. The molecule has 2 amide bonds. The molecule has 1 aromatic rings. The molecule has 1 aromatic carbocycles. The molecule has 2 atom stereocenters. The minimum atomic E-state index is -0.109. The van der Waals surface area contributed by atoms with E-state index in [9.17, 15) is 9.59 Å². The monoisotopic (exact) mass is 317 g/mol. The van der Waals surface area contributed by atoms with Gasteiger partial charge in [0, 0.05) is 19.6 Å². The van der Waals surface area contributed by atoms with E-state index in [2.05, 4.69) is 5.32 Å². The zero-order chi connectivity index (χ0) is 16.2. The number of rotatable bonds is 3. The molecule has 2 fully saturated rings. The Morgan fingerprint density at radius 1 is 1.30 bits per heavy atom. The maximum Gasteiger partial charge on any atom is 0.242 e. The average Bonchev–Trinajstić information content (AvgIpc) is 2.57. The van der Waals surface area contributed by atoms with Gasteiger partial charge in [0.05, 0.1) is 25.7 Å². The minimum absolute atomic E-state index is 0.00340. The van der Waals surface area contributed by atoms with Crippen molar-refractivity contribution in [2.24, 2.45) is 0 Å². The summed E-state index contributed by atoms with van der Waals surface area (Å²) in [5.74, 6) is -0.0122. The Bertz CT molecular complexity index is 563. The van der Waals surface area contributed by atoms with E-state index >= 15 is 0 Å². The number of ether oxygens (including phenoxy) is 1. The van der Waals surface area contributed by atoms with E-state index in [0.29, 0.717) is 26.2 Å². The van der Waals surface area contributed by atoms with Crippen LogP contribution in [0.5, 0.6) is 0 Å². The van der Waals surface area contributed by atoms with Crippen molar-refractivity contribution in [1.29, 1.82) is 0 Å². The highest BCUT2D eigenvalue weighted by atomic mass is 16.5. The molecule has 23 heavy (non-hydrogen) atoms. The van der Waals surface area contributed by atoms with Crippen molar-refractivity contribution in [2.45, 2.75) is 19.1 Å². The number of hydrogen-bond donors (Lipinski definition) is 1. The minimum Gasteiger partial charge on any atom is -0.367 e. The molecule has 3 rings (SSSR count). The van der Waals surface area contributed by atoms with Crippen molar-refractivity contribution >= 4 is 11.8 Å². The summed E-state index contributed by atoms with van der Waals surface area (Å²) in [6.07, 6.45) is -0.126. The Morgan fingerprint density at radius 3 is 2.83 bits per heavy atom. The van der Waals surface area contributed by atoms with Crippen LogP contribution in [-0.2, 0) is 14.3 Å². The van der Waals surface area contributed by atoms with Gasteiger partial charge in [-0.2, -0.15) is 0 Å². The fraction of sp³-hybridized carbons (Fsp3) is 0.529. The van der Waals surface area contributed by atoms with Gasteiger partial charge >= 0.3 is 0 Å². The first kappa shape index (κ1) is 16.0. The smallest absolute Gasteiger partial charge is 0.242 e. The number of nitrogens with one attached hydrogen (secondary N) is 1. The first-order chi connectivity index (χ1) is 11.1. The van der Waals surface area contributed by atoms with Crippen LogP contribution in [0, 0.1) is 0 Å². The molecule has 2 saturated heterocycles. The molecule has 2 aliphatic rings. The van der Waals surface area contributed by atoms with Gasteiger partial charge in [-0.25, -0.2) is 0 Å². The quantitative estimate of drug-likeness (QED) is 0.877. The van der Waals surface area contributed by atoms with Crippen LogP contribution in [0.2, 0.25) is 0 Å². The highest BCUT2D eigenvalue weighted by Gasteiger charge is 2.31. The van der Waals surface area contributed by atoms with Gasteiger partial charge < -0.3 is 19.9 Å². The highest BCUT2D eigenvalue weighted by molar-refractivity contribution is 5.86. The Labute approximate surface area is 136 Å². The highest BCUT2D eigenvalue weighted by Crippen LogP contribution is 2.25. The van der Waals surface area contributed by atoms with E-state index in [1.807, 2.05) is 42.2 Å². The number of carbonyl (C=O) groups excluding carboxylic acids is 2. The maximum atomic E-state index is 12.6. The van der Waals surface area contributed by atoms with Gasteiger partial charge in [0.1, 0.15) is 6.10 Å². The van der Waals surface area contributed by atoms with E-state index in [1.165, 1.54) is 0 Å². The molecule has 1 N–H and O–H groups in total. The number of carbonyl (C=O) groups is 2. The number of benzene rings is 1. The molecule has 2 heterocycles. The largest absolute Gasteiger partial charge is 0.367 e. The van der Waals surface area contributed by atoms with Crippen LogP contribution in [0.15, 0.2) is 30.3 Å². The van der Waals surface area contributed by atoms with E-state index in [4.69, 9.17) is 4.74 Å². The predicted molar refractivity (Wildman–Crippen MR) is 85.8 cm³/mol. The number of nitrogens with zero attached hydrogens (tertiary/aromatic N) is 2. The van der Waals surface area contributed by atoms with Gasteiger partial charge in [-0.3, -0.25) is 9.59 Å². The molecule has 2 unspecified atom stereocenters. The van der Waals surface area contributed by atoms with Gasteiger partial charge in [0.25, 0.3) is 0 Å². The lowest BCUT2D eigenvalue weighted by Gasteiger charge is -2.38. The Balaban J connectivity index is 1.64. The molecule has 0 radical (unpaired) electrons. The number of amides is 2. The maximum absolute atomic E-state index is 12.6. The number of morpholine rings is 1. The summed E-state index contributed by atoms with van der Waals surface area (Å²) in [6, 6.07) is 9.96. The zero-order valence-electron chi connectivity index (χ0n) is 13.4. The van der Waals surface area contributed by atoms with Crippen LogP contribution >= 0.6 is 0 Å². The molecule has 0 aliphatic carbocycles. The van der Waals surface area contributed by atoms with Crippen LogP contribution in [-0.4, -0.2) is 67.0 Å². The lowest BCUT2D eigenvalue weighted by atomic mass is 10.1. The second-order valence-electron chi connectivity index (χ2n) is 6.14. The van der Waals surface area contributed by atoms with Crippen LogP contribution < -0.4 is 5.32 Å². The Morgan fingerprint density at radius 2 is 2.09 bits per heavy atom. The molecular formula is C17H23N3O3. The van der Waals surface area contributed by atoms with Gasteiger partial charge in [-0.05, 0) is 12.5 Å². The molecule has 0 aromatic heterocycles. The van der Waals surface area contributed by atoms with Gasteiger partial charge in [0.2, 0.25) is 11.8 Å². The van der Waals surface area contributed by atoms with Crippen molar-refractivity contribution in [3.05, 3.63) is 35.9 Å². The summed E-state index contributed by atoms with van der Waals surface area (Å²) in [6.45, 7) is 4.90. The van der Waals surface area contributed by atoms with Crippen molar-refractivity contribution in [3.63, 3.8) is 0 Å². The van der Waals surface area contributed by atoms with Crippen LogP contribution in [0.3, 0.4) is 0 Å². The van der Waals surface area contributed by atoms with Crippen LogP contribution in [0.4, 0.5) is 0 Å². The predicted octanol–water partition coefficient (Wildman–Crippen LogP) is 0.407. The molecule has 0 spiro atoms. The lowest BCUT2D eigenvalue weighted by Crippen LogP contribution is -2.54. The van der Waals surface area contributed by atoms with E-state index in [1.54, 1.807) is 4.90 Å². The zero-order valence-corrected chi connectivity index (χ0v) is 13.4. The third-order valence-corrected chi connectivity index (χ3v) is 4.30. The van der Waals surface area contributed by atoms with E-state index in [0.717, 1.165) is 12.1 Å². The van der Waals surface area contributed by atoms with Gasteiger partial charge in [0.15, 0.2) is 0 Å². The second kappa shape index (κ2) is 7.10. The molecule has 0 bridgehead atoms. The molecule has 6 heteroatoms. The summed E-state index contributed by atoms with van der Waals surface area (Å²) >= 11 is 0. The normalized spacial score (nSPS) is 25.5. The molecule has 124 valence electrons. The molecule has 2 aliphatic heterocycles. The van der Waals surface area contributed by atoms with Crippen molar-refractivity contribution in [1.82, 2.24) is 15.1 Å². The third kappa shape index (κ3) is 3.89. The third-order valence-electron chi connectivity index (χ3n) is 4.30. The first-order valence-electron chi connectivity index (χ1n) is 8.10. The number of hydrogen-bond acceptors (Lipinski definition) is 4. The average molecular weight is 317 g/mol. The van der Waals surface area contributed by atoms with Crippen molar-refractivity contribution in [3.8, 4) is 0 Å². The van der Waals surface area contributed by atoms with Crippen molar-refractivity contribution in [2.75, 3.05) is 39.3 Å². The molecule has 6 nitrogen and oxygen atoms in total. The molecule has 0 saturated carbocycles. The van der Waals surface area contributed by atoms with Gasteiger partial charge in [-0.15, -0.1) is 0 Å². The first-order valence-corrected chi connectivity index (χ1v) is 8.10. The topological polar surface area (TPSA) is 61.9 Å². The SMILES string of the molecule is CC1CN(C(=O)CN2CCNCC2=O)CC(c2ccccc2)O1. The Kier molecular flexibility index (Phi) is 4.93. The van der Waals surface area contributed by atoms with E-state index < -0.39 is 0 Å². The standard InChI is InChI=1S/C17H23N3O3/c1-13-10-20(11-15(23-13)14-5-3-2-4-6-14)17(22)12-19-8-7-18-9-16(19)21/h2-6,13,15,18H,7-12H2,1H3. The second-order valence-corrected chi connectivity index (χ2v) is 6.14. The summed E-state index contributed by atoms with van der Waals surface area (Å²) in [5, 5.41) is 3.02. The van der Waals surface area contributed by atoms with Crippen LogP contribution in [0.25, 0.3) is 0 Å². The number of piperazine rings is 1. The summed E-state index contributed by atoms with van der Waals surface area (Å²) in [4.78, 5) is 27.9. The lowest BCUT2D eigenvalue weighted by molar-refractivity contribution is -0.149. The fourth-order valence-electron chi connectivity index (χ4n) is 3.08. The fourth-order valence-corrected chi connectivity index (χ4v) is 3.08. The Hall–Kier alpha value is -1.92.